The number of carbonyl (C=O) groups is 2. The third kappa shape index (κ3) is 5.99. The van der Waals surface area contributed by atoms with Crippen molar-refractivity contribution in [2.75, 3.05) is 17.7 Å². The Hall–Kier alpha value is -3.04. The molecule has 0 atom stereocenters. The van der Waals surface area contributed by atoms with E-state index in [4.69, 9.17) is 4.74 Å². The summed E-state index contributed by atoms with van der Waals surface area (Å²) in [5.74, 6) is -1.01. The molecule has 1 N–H and O–H groups in total. The first kappa shape index (κ1) is 22.6. The summed E-state index contributed by atoms with van der Waals surface area (Å²) in [5.41, 5.74) is 1.17. The van der Waals surface area contributed by atoms with Crippen LogP contribution in [0.2, 0.25) is 0 Å². The van der Waals surface area contributed by atoms with Crippen molar-refractivity contribution in [3.8, 4) is 11.3 Å². The van der Waals surface area contributed by atoms with Gasteiger partial charge in [0.25, 0.3) is 0 Å². The van der Waals surface area contributed by atoms with Gasteiger partial charge in [0, 0.05) is 12.0 Å². The van der Waals surface area contributed by atoms with Gasteiger partial charge in [0.15, 0.2) is 15.0 Å². The number of sulfone groups is 1. The maximum atomic E-state index is 12.3. The molecular formula is C22H22N2O5S2. The maximum absolute atomic E-state index is 12.3. The summed E-state index contributed by atoms with van der Waals surface area (Å²) in [5, 5.41) is 2.92. The average molecular weight is 459 g/mol. The van der Waals surface area contributed by atoms with Crippen LogP contribution in [0.25, 0.3) is 11.3 Å². The first-order chi connectivity index (χ1) is 14.9. The van der Waals surface area contributed by atoms with Crippen LogP contribution in [0, 0.1) is 0 Å². The minimum absolute atomic E-state index is 0.0149. The number of anilines is 1. The van der Waals surface area contributed by atoms with Crippen LogP contribution in [-0.2, 0) is 19.4 Å². The molecule has 3 rings (SSSR count). The second-order valence-electron chi connectivity index (χ2n) is 6.57. The van der Waals surface area contributed by atoms with E-state index in [2.05, 4.69) is 10.3 Å². The largest absolute Gasteiger partial charge is 0.462 e. The molecule has 0 aliphatic rings. The molecule has 0 spiro atoms. The van der Waals surface area contributed by atoms with Crippen molar-refractivity contribution in [1.82, 2.24) is 4.98 Å². The molecule has 7 nitrogen and oxygen atoms in total. The predicted molar refractivity (Wildman–Crippen MR) is 120 cm³/mol. The number of thiazole rings is 1. The Kier molecular flexibility index (Phi) is 7.54. The van der Waals surface area contributed by atoms with Crippen molar-refractivity contribution in [3.05, 3.63) is 65.5 Å². The quantitative estimate of drug-likeness (QED) is 0.483. The molecule has 0 aliphatic heterocycles. The van der Waals surface area contributed by atoms with E-state index in [9.17, 15) is 18.0 Å². The Morgan fingerprint density at radius 2 is 1.68 bits per heavy atom. The van der Waals surface area contributed by atoms with Crippen molar-refractivity contribution < 1.29 is 22.7 Å². The van der Waals surface area contributed by atoms with E-state index in [1.807, 2.05) is 30.3 Å². The molecule has 0 saturated carbocycles. The number of rotatable bonds is 9. The van der Waals surface area contributed by atoms with Crippen molar-refractivity contribution in [2.24, 2.45) is 0 Å². The third-order valence-corrected chi connectivity index (χ3v) is 7.07. The Morgan fingerprint density at radius 3 is 2.32 bits per heavy atom. The van der Waals surface area contributed by atoms with Crippen molar-refractivity contribution in [2.45, 2.75) is 24.7 Å². The van der Waals surface area contributed by atoms with Crippen LogP contribution in [0.3, 0.4) is 0 Å². The lowest BCUT2D eigenvalue weighted by Gasteiger charge is -2.04. The summed E-state index contributed by atoms with van der Waals surface area (Å²) in [4.78, 5) is 29.6. The highest BCUT2D eigenvalue weighted by atomic mass is 32.2. The number of hydrogen-bond acceptors (Lipinski definition) is 7. The van der Waals surface area contributed by atoms with E-state index < -0.39 is 15.8 Å². The number of hydrogen-bond donors (Lipinski definition) is 1. The molecule has 1 aromatic heterocycles. The molecule has 0 fully saturated rings. The highest BCUT2D eigenvalue weighted by molar-refractivity contribution is 7.91. The van der Waals surface area contributed by atoms with Crippen LogP contribution in [-0.4, -0.2) is 37.6 Å². The molecule has 31 heavy (non-hydrogen) atoms. The van der Waals surface area contributed by atoms with Gasteiger partial charge in [-0.15, -0.1) is 0 Å². The summed E-state index contributed by atoms with van der Waals surface area (Å²) in [6.07, 6.45) is 0.186. The molecule has 0 aliphatic carbocycles. The summed E-state index contributed by atoms with van der Waals surface area (Å²) < 4.78 is 29.7. The lowest BCUT2D eigenvalue weighted by Crippen LogP contribution is -2.14. The van der Waals surface area contributed by atoms with Crippen LogP contribution in [0.4, 0.5) is 5.13 Å². The molecule has 0 unspecified atom stereocenters. The topological polar surface area (TPSA) is 102 Å². The fraction of sp³-hybridized carbons (Fsp3) is 0.227. The van der Waals surface area contributed by atoms with Gasteiger partial charge in [0.05, 0.1) is 22.9 Å². The molecule has 2 aromatic carbocycles. The smallest absolute Gasteiger partial charge is 0.350 e. The standard InChI is InChI=1S/C22H22N2O5S2/c1-2-29-21(26)20-19(16-10-5-3-6-11-16)24-22(30-20)23-18(25)14-9-15-31(27,28)17-12-7-4-8-13-17/h3-8,10-13H,2,9,14-15H2,1H3,(H,23,24,25). The summed E-state index contributed by atoms with van der Waals surface area (Å²) in [6.45, 7) is 1.94. The van der Waals surface area contributed by atoms with Crippen molar-refractivity contribution in [3.63, 3.8) is 0 Å². The zero-order valence-corrected chi connectivity index (χ0v) is 18.5. The second-order valence-corrected chi connectivity index (χ2v) is 9.68. The van der Waals surface area contributed by atoms with Gasteiger partial charge in [-0.05, 0) is 25.5 Å². The number of carbonyl (C=O) groups excluding carboxylic acids is 2. The van der Waals surface area contributed by atoms with Gasteiger partial charge in [-0.2, -0.15) is 0 Å². The third-order valence-electron chi connectivity index (χ3n) is 4.30. The van der Waals surface area contributed by atoms with Gasteiger partial charge >= 0.3 is 5.97 Å². The first-order valence-electron chi connectivity index (χ1n) is 9.71. The molecule has 1 heterocycles. The van der Waals surface area contributed by atoms with E-state index >= 15 is 0 Å². The number of nitrogens with one attached hydrogen (secondary N) is 1. The summed E-state index contributed by atoms with van der Waals surface area (Å²) in [6, 6.07) is 17.3. The predicted octanol–water partition coefficient (Wildman–Crippen LogP) is 4.18. The SMILES string of the molecule is CCOC(=O)c1sc(NC(=O)CCCS(=O)(=O)c2ccccc2)nc1-c1ccccc1. The molecule has 0 radical (unpaired) electrons. The van der Waals surface area contributed by atoms with Gasteiger partial charge < -0.3 is 10.1 Å². The van der Waals surface area contributed by atoms with Crippen LogP contribution >= 0.6 is 11.3 Å². The van der Waals surface area contributed by atoms with Crippen LogP contribution < -0.4 is 5.32 Å². The Bertz CT molecular complexity index is 1140. The lowest BCUT2D eigenvalue weighted by molar-refractivity contribution is -0.116. The molecule has 162 valence electrons. The van der Waals surface area contributed by atoms with Gasteiger partial charge in [0.2, 0.25) is 5.91 Å². The van der Waals surface area contributed by atoms with E-state index in [1.54, 1.807) is 25.1 Å². The number of esters is 1. The Balaban J connectivity index is 1.66. The van der Waals surface area contributed by atoms with Crippen molar-refractivity contribution >= 4 is 38.2 Å². The number of amides is 1. The van der Waals surface area contributed by atoms with E-state index in [0.717, 1.165) is 16.9 Å². The fourth-order valence-electron chi connectivity index (χ4n) is 2.85. The minimum Gasteiger partial charge on any atom is -0.462 e. The Morgan fingerprint density at radius 1 is 1.03 bits per heavy atom. The molecule has 0 saturated heterocycles. The van der Waals surface area contributed by atoms with Gasteiger partial charge in [-0.25, -0.2) is 18.2 Å². The average Bonchev–Trinajstić information content (AvgIpc) is 3.19. The van der Waals surface area contributed by atoms with Crippen molar-refractivity contribution in [1.29, 1.82) is 0 Å². The zero-order chi connectivity index (χ0) is 22.3. The summed E-state index contributed by atoms with van der Waals surface area (Å²) in [7, 11) is -3.44. The fourth-order valence-corrected chi connectivity index (χ4v) is 5.08. The van der Waals surface area contributed by atoms with E-state index in [1.165, 1.54) is 12.1 Å². The normalized spacial score (nSPS) is 11.1. The van der Waals surface area contributed by atoms with Gasteiger partial charge in [-0.3, -0.25) is 4.79 Å². The zero-order valence-electron chi connectivity index (χ0n) is 16.9. The lowest BCUT2D eigenvalue weighted by atomic mass is 10.1. The second kappa shape index (κ2) is 10.3. The van der Waals surface area contributed by atoms with Crippen LogP contribution in [0.5, 0.6) is 0 Å². The first-order valence-corrected chi connectivity index (χ1v) is 12.2. The molecule has 0 bridgehead atoms. The van der Waals surface area contributed by atoms with E-state index in [0.29, 0.717) is 10.6 Å². The molecule has 1 amide bonds. The molecular weight excluding hydrogens is 436 g/mol. The van der Waals surface area contributed by atoms with E-state index in [-0.39, 0.29) is 41.1 Å². The molecule has 9 heteroatoms. The highest BCUT2D eigenvalue weighted by Gasteiger charge is 2.22. The number of ether oxygens (including phenoxy) is 1. The van der Waals surface area contributed by atoms with Gasteiger partial charge in [0.1, 0.15) is 4.88 Å². The minimum atomic E-state index is -3.44. The summed E-state index contributed by atoms with van der Waals surface area (Å²) >= 11 is 1.03. The Labute approximate surface area is 185 Å². The maximum Gasteiger partial charge on any atom is 0.350 e. The monoisotopic (exact) mass is 458 g/mol. The van der Waals surface area contributed by atoms with Crippen LogP contribution in [0.1, 0.15) is 29.4 Å². The van der Waals surface area contributed by atoms with Gasteiger partial charge in [-0.1, -0.05) is 59.9 Å². The highest BCUT2D eigenvalue weighted by Crippen LogP contribution is 2.32. The number of aromatic nitrogens is 1. The number of benzene rings is 2. The van der Waals surface area contributed by atoms with Crippen LogP contribution in [0.15, 0.2) is 65.6 Å². The molecule has 3 aromatic rings. The number of nitrogens with zero attached hydrogens (tertiary/aromatic N) is 1.